The van der Waals surface area contributed by atoms with E-state index in [0.717, 1.165) is 15.8 Å². The summed E-state index contributed by atoms with van der Waals surface area (Å²) in [5, 5.41) is 0. The fraction of sp³-hybridized carbons (Fsp3) is 0.222. The summed E-state index contributed by atoms with van der Waals surface area (Å²) in [7, 11) is 0. The molecule has 0 aliphatic carbocycles. The number of allylic oxidation sites excluding steroid dienone is 1. The van der Waals surface area contributed by atoms with Gasteiger partial charge in [-0.1, -0.05) is 39.4 Å². The zero-order chi connectivity index (χ0) is 27.6. The first-order chi connectivity index (χ1) is 18.1. The Balaban J connectivity index is 1.92. The van der Waals surface area contributed by atoms with Crippen molar-refractivity contribution in [2.45, 2.75) is 33.7 Å². The molecular weight excluding hydrogens is 576 g/mol. The third kappa shape index (κ3) is 5.68. The largest absolute Gasteiger partial charge is 0.463 e. The maximum atomic E-state index is 13.8. The van der Waals surface area contributed by atoms with Gasteiger partial charge < -0.3 is 14.2 Å². The molecule has 2 aromatic carbocycles. The van der Waals surface area contributed by atoms with E-state index >= 15 is 0 Å². The first-order valence-electron chi connectivity index (χ1n) is 11.5. The highest BCUT2D eigenvalue weighted by molar-refractivity contribution is 9.10. The first kappa shape index (κ1) is 27.2. The van der Waals surface area contributed by atoms with Crippen LogP contribution in [0.4, 0.5) is 0 Å². The Bertz CT molecular complexity index is 1650. The van der Waals surface area contributed by atoms with Gasteiger partial charge in [0.25, 0.3) is 5.56 Å². The van der Waals surface area contributed by atoms with Gasteiger partial charge in [0.2, 0.25) is 0 Å². The summed E-state index contributed by atoms with van der Waals surface area (Å²) in [6.45, 7) is 6.14. The van der Waals surface area contributed by atoms with Gasteiger partial charge in [-0.25, -0.2) is 9.79 Å². The van der Waals surface area contributed by atoms with Crippen molar-refractivity contribution in [1.82, 2.24) is 4.57 Å². The topological polar surface area (TPSA) is 113 Å². The van der Waals surface area contributed by atoms with E-state index in [1.165, 1.54) is 18.4 Å². The van der Waals surface area contributed by atoms with Crippen LogP contribution in [-0.2, 0) is 19.1 Å². The molecule has 0 saturated heterocycles. The molecule has 1 aromatic heterocycles. The number of ether oxygens (including phenoxy) is 3. The number of nitrogens with zero attached hydrogens (tertiary/aromatic N) is 2. The van der Waals surface area contributed by atoms with E-state index < -0.39 is 23.9 Å². The summed E-state index contributed by atoms with van der Waals surface area (Å²) in [4.78, 5) is 54.7. The van der Waals surface area contributed by atoms with Crippen molar-refractivity contribution < 1.29 is 28.6 Å². The van der Waals surface area contributed by atoms with Gasteiger partial charge in [0.05, 0.1) is 28.5 Å². The molecule has 38 heavy (non-hydrogen) atoms. The number of fused-ring (bicyclic) bond motifs is 1. The van der Waals surface area contributed by atoms with Crippen LogP contribution in [-0.4, -0.2) is 29.1 Å². The summed E-state index contributed by atoms with van der Waals surface area (Å²) in [6.07, 6.45) is 1.62. The Kier molecular flexibility index (Phi) is 8.08. The highest BCUT2D eigenvalue weighted by Crippen LogP contribution is 2.32. The SMILES string of the molecule is CCOC(=O)C1=C(C)N=c2s/c(=C\c3cc(Br)ccc3OC(C)=O)c(=O)n2[C@@H]1c1ccc(OC(C)=O)cc1. The van der Waals surface area contributed by atoms with Crippen LogP contribution in [0.25, 0.3) is 6.08 Å². The number of thiazole rings is 1. The average Bonchev–Trinajstić information content (AvgIpc) is 3.14. The molecule has 9 nitrogen and oxygen atoms in total. The van der Waals surface area contributed by atoms with Crippen LogP contribution < -0.4 is 24.4 Å². The Morgan fingerprint density at radius 3 is 2.39 bits per heavy atom. The van der Waals surface area contributed by atoms with Crippen molar-refractivity contribution in [2.24, 2.45) is 4.99 Å². The fourth-order valence-electron chi connectivity index (χ4n) is 4.01. The van der Waals surface area contributed by atoms with Gasteiger partial charge >= 0.3 is 17.9 Å². The monoisotopic (exact) mass is 598 g/mol. The molecule has 0 saturated carbocycles. The minimum Gasteiger partial charge on any atom is -0.463 e. The number of halogens is 1. The number of aromatic nitrogens is 1. The van der Waals surface area contributed by atoms with Crippen LogP contribution in [0.5, 0.6) is 11.5 Å². The summed E-state index contributed by atoms with van der Waals surface area (Å²) in [5.41, 5.74) is 1.39. The van der Waals surface area contributed by atoms with E-state index in [1.54, 1.807) is 62.4 Å². The molecule has 2 heterocycles. The molecule has 1 aliphatic rings. The predicted octanol–water partition coefficient (Wildman–Crippen LogP) is 3.41. The molecule has 1 aliphatic heterocycles. The van der Waals surface area contributed by atoms with Gasteiger partial charge in [-0.2, -0.15) is 0 Å². The summed E-state index contributed by atoms with van der Waals surface area (Å²) >= 11 is 4.56. The number of hydrogen-bond acceptors (Lipinski definition) is 9. The summed E-state index contributed by atoms with van der Waals surface area (Å²) < 4.78 is 18.3. The maximum Gasteiger partial charge on any atom is 0.338 e. The van der Waals surface area contributed by atoms with Crippen molar-refractivity contribution in [3.8, 4) is 11.5 Å². The molecule has 3 aromatic rings. The lowest BCUT2D eigenvalue weighted by Crippen LogP contribution is -2.39. The highest BCUT2D eigenvalue weighted by atomic mass is 79.9. The van der Waals surface area contributed by atoms with Crippen LogP contribution >= 0.6 is 27.3 Å². The minimum absolute atomic E-state index is 0.153. The predicted molar refractivity (Wildman–Crippen MR) is 144 cm³/mol. The molecule has 0 bridgehead atoms. The van der Waals surface area contributed by atoms with Crippen molar-refractivity contribution in [2.75, 3.05) is 6.61 Å². The quantitative estimate of drug-likeness (QED) is 0.315. The lowest BCUT2D eigenvalue weighted by atomic mass is 9.96. The Morgan fingerprint density at radius 2 is 1.76 bits per heavy atom. The molecule has 1 atom stereocenters. The molecule has 4 rings (SSSR count). The molecule has 196 valence electrons. The standard InChI is InChI=1S/C27H23BrN2O7S/c1-5-35-26(34)23-14(2)29-27-30(24(23)17-6-9-20(10-7-17)36-15(3)31)25(33)22(38-27)13-18-12-19(28)8-11-21(18)37-16(4)32/h6-13,24H,5H2,1-4H3/b22-13-/t24-/m1/s1. The Labute approximate surface area is 229 Å². The molecule has 0 unspecified atom stereocenters. The van der Waals surface area contributed by atoms with Crippen molar-refractivity contribution in [1.29, 1.82) is 0 Å². The zero-order valence-corrected chi connectivity index (χ0v) is 23.3. The minimum atomic E-state index is -0.825. The van der Waals surface area contributed by atoms with E-state index in [9.17, 15) is 19.2 Å². The zero-order valence-electron chi connectivity index (χ0n) is 20.9. The second kappa shape index (κ2) is 11.3. The number of esters is 3. The van der Waals surface area contributed by atoms with Crippen LogP contribution in [0.1, 0.15) is 44.9 Å². The number of rotatable bonds is 6. The highest BCUT2D eigenvalue weighted by Gasteiger charge is 2.33. The smallest absolute Gasteiger partial charge is 0.338 e. The number of benzene rings is 2. The maximum absolute atomic E-state index is 13.8. The van der Waals surface area contributed by atoms with Gasteiger partial charge in [-0.15, -0.1) is 0 Å². The second-order valence-corrected chi connectivity index (χ2v) is 10.2. The first-order valence-corrected chi connectivity index (χ1v) is 13.2. The average molecular weight is 599 g/mol. The van der Waals surface area contributed by atoms with Gasteiger partial charge in [0, 0.05) is 23.9 Å². The lowest BCUT2D eigenvalue weighted by Gasteiger charge is -2.24. The van der Waals surface area contributed by atoms with Gasteiger partial charge in [0.1, 0.15) is 11.5 Å². The van der Waals surface area contributed by atoms with Crippen LogP contribution in [0.2, 0.25) is 0 Å². The molecule has 11 heteroatoms. The Morgan fingerprint density at radius 1 is 1.08 bits per heavy atom. The number of carbonyl (C=O) groups is 3. The second-order valence-electron chi connectivity index (χ2n) is 8.24. The molecule has 0 fully saturated rings. The van der Waals surface area contributed by atoms with Gasteiger partial charge in [0.15, 0.2) is 4.80 Å². The van der Waals surface area contributed by atoms with Crippen LogP contribution in [0, 0.1) is 0 Å². The normalized spacial score (nSPS) is 15.0. The fourth-order valence-corrected chi connectivity index (χ4v) is 5.43. The number of hydrogen-bond donors (Lipinski definition) is 0. The van der Waals surface area contributed by atoms with E-state index in [0.29, 0.717) is 37.7 Å². The van der Waals surface area contributed by atoms with Gasteiger partial charge in [-0.05, 0) is 55.8 Å². The molecule has 0 spiro atoms. The van der Waals surface area contributed by atoms with Crippen molar-refractivity contribution in [3.63, 3.8) is 0 Å². The van der Waals surface area contributed by atoms with E-state index in [1.807, 2.05) is 0 Å². The van der Waals surface area contributed by atoms with Crippen LogP contribution in [0.15, 0.2) is 68.0 Å². The summed E-state index contributed by atoms with van der Waals surface area (Å²) in [6, 6.07) is 10.8. The molecule has 0 N–H and O–H groups in total. The van der Waals surface area contributed by atoms with E-state index in [-0.39, 0.29) is 17.7 Å². The van der Waals surface area contributed by atoms with E-state index in [4.69, 9.17) is 14.2 Å². The van der Waals surface area contributed by atoms with Crippen molar-refractivity contribution >= 4 is 51.3 Å². The lowest BCUT2D eigenvalue weighted by molar-refractivity contribution is -0.139. The summed E-state index contributed by atoms with van der Waals surface area (Å²) in [5.74, 6) is -0.904. The Hall–Kier alpha value is -3.83. The van der Waals surface area contributed by atoms with Gasteiger partial charge in [-0.3, -0.25) is 19.0 Å². The molecule has 0 amide bonds. The molecule has 0 radical (unpaired) electrons. The third-order valence-corrected chi connectivity index (χ3v) is 6.96. The number of carbonyl (C=O) groups excluding carboxylic acids is 3. The molecular formula is C27H23BrN2O7S. The van der Waals surface area contributed by atoms with Crippen LogP contribution in [0.3, 0.4) is 0 Å². The van der Waals surface area contributed by atoms with Crippen molar-refractivity contribution in [3.05, 3.63) is 89.0 Å². The van der Waals surface area contributed by atoms with E-state index in [2.05, 4.69) is 20.9 Å². The third-order valence-electron chi connectivity index (χ3n) is 5.49.